The van der Waals surface area contributed by atoms with Gasteiger partial charge >= 0.3 is 5.97 Å². The van der Waals surface area contributed by atoms with Gasteiger partial charge in [0.1, 0.15) is 17.4 Å². The third kappa shape index (κ3) is 8.03. The van der Waals surface area contributed by atoms with Crippen molar-refractivity contribution < 1.29 is 33.0 Å². The van der Waals surface area contributed by atoms with Crippen molar-refractivity contribution in [2.45, 2.75) is 26.3 Å². The van der Waals surface area contributed by atoms with Gasteiger partial charge in [0.2, 0.25) is 0 Å². The van der Waals surface area contributed by atoms with Gasteiger partial charge in [0.15, 0.2) is 0 Å². The average molecular weight is 587 g/mol. The molecule has 0 saturated heterocycles. The minimum atomic E-state index is -1.03. The van der Waals surface area contributed by atoms with Crippen LogP contribution in [0.3, 0.4) is 0 Å². The maximum Gasteiger partial charge on any atom is 0.305 e. The van der Waals surface area contributed by atoms with E-state index in [1.807, 2.05) is 31.2 Å². The summed E-state index contributed by atoms with van der Waals surface area (Å²) in [7, 11) is 0. The van der Waals surface area contributed by atoms with E-state index in [2.05, 4.69) is 5.32 Å². The molecule has 4 aromatic rings. The molecular formula is C34H32F2N2O5. The molecule has 0 aliphatic carbocycles. The number of carbonyl (C=O) groups excluding carboxylic acids is 2. The van der Waals surface area contributed by atoms with Gasteiger partial charge in [-0.25, -0.2) is 8.78 Å². The minimum Gasteiger partial charge on any atom is -0.494 e. The number of hydrogen-bond acceptors (Lipinski definition) is 4. The highest BCUT2D eigenvalue weighted by atomic mass is 19.1. The number of benzene rings is 4. The van der Waals surface area contributed by atoms with Crippen molar-refractivity contribution in [3.8, 4) is 16.9 Å². The van der Waals surface area contributed by atoms with Gasteiger partial charge < -0.3 is 20.1 Å². The van der Waals surface area contributed by atoms with Gasteiger partial charge in [0, 0.05) is 36.3 Å². The quantitative estimate of drug-likeness (QED) is 0.197. The van der Waals surface area contributed by atoms with Crippen molar-refractivity contribution in [3.05, 3.63) is 125 Å². The SMILES string of the molecule is CCOc1ccc(CCN(CCC(=O)O)C(=O)c2ccccc2-c2ccccc2C(=O)NCc2c(F)cccc2F)cc1. The summed E-state index contributed by atoms with van der Waals surface area (Å²) in [6, 6.07) is 24.4. The second kappa shape index (κ2) is 14.7. The van der Waals surface area contributed by atoms with E-state index in [1.54, 1.807) is 48.5 Å². The average Bonchev–Trinajstić information content (AvgIpc) is 3.01. The van der Waals surface area contributed by atoms with E-state index in [1.165, 1.54) is 11.0 Å². The van der Waals surface area contributed by atoms with Crippen molar-refractivity contribution in [1.29, 1.82) is 0 Å². The Morgan fingerprint density at radius 1 is 0.791 bits per heavy atom. The molecule has 0 spiro atoms. The fourth-order valence-corrected chi connectivity index (χ4v) is 4.68. The molecule has 0 fully saturated rings. The standard InChI is InChI=1S/C34H32F2N2O5/c1-2-43-24-16-14-23(15-17-24)18-20-38(21-19-32(39)40)34(42)28-11-6-4-9-26(28)25-8-3-5-10-27(25)33(41)37-22-29-30(35)12-7-13-31(29)36/h3-17H,2,18-22H2,1H3,(H,37,41)(H,39,40). The summed E-state index contributed by atoms with van der Waals surface area (Å²) in [5, 5.41) is 11.9. The molecule has 43 heavy (non-hydrogen) atoms. The Kier molecular flexibility index (Phi) is 10.6. The summed E-state index contributed by atoms with van der Waals surface area (Å²) in [4.78, 5) is 40.0. The van der Waals surface area contributed by atoms with Crippen molar-refractivity contribution in [2.24, 2.45) is 0 Å². The molecule has 0 saturated carbocycles. The Hall–Kier alpha value is -5.05. The minimum absolute atomic E-state index is 0.00410. The molecule has 222 valence electrons. The van der Waals surface area contributed by atoms with E-state index >= 15 is 0 Å². The molecule has 0 heterocycles. The van der Waals surface area contributed by atoms with Crippen LogP contribution in [0.2, 0.25) is 0 Å². The molecule has 2 amide bonds. The second-order valence-corrected chi connectivity index (χ2v) is 9.74. The molecule has 0 aliphatic heterocycles. The number of rotatable bonds is 13. The lowest BCUT2D eigenvalue weighted by atomic mass is 9.94. The zero-order valence-electron chi connectivity index (χ0n) is 23.7. The van der Waals surface area contributed by atoms with Crippen LogP contribution in [0, 0.1) is 11.6 Å². The van der Waals surface area contributed by atoms with Gasteiger partial charge in [0.25, 0.3) is 11.8 Å². The van der Waals surface area contributed by atoms with Crippen LogP contribution in [0.1, 0.15) is 45.2 Å². The molecule has 0 bridgehead atoms. The lowest BCUT2D eigenvalue weighted by Gasteiger charge is -2.24. The van der Waals surface area contributed by atoms with Crippen LogP contribution in [-0.2, 0) is 17.8 Å². The molecule has 0 aromatic heterocycles. The third-order valence-corrected chi connectivity index (χ3v) is 6.89. The number of amides is 2. The Morgan fingerprint density at radius 3 is 2.02 bits per heavy atom. The van der Waals surface area contributed by atoms with E-state index in [-0.39, 0.29) is 43.1 Å². The number of ether oxygens (including phenoxy) is 1. The molecular weight excluding hydrogens is 554 g/mol. The number of nitrogens with zero attached hydrogens (tertiary/aromatic N) is 1. The van der Waals surface area contributed by atoms with Gasteiger partial charge in [-0.3, -0.25) is 14.4 Å². The molecule has 0 radical (unpaired) electrons. The normalized spacial score (nSPS) is 10.7. The van der Waals surface area contributed by atoms with Crippen LogP contribution in [0.5, 0.6) is 5.75 Å². The maximum absolute atomic E-state index is 14.1. The molecule has 9 heteroatoms. The van der Waals surface area contributed by atoms with Crippen molar-refractivity contribution in [3.63, 3.8) is 0 Å². The predicted octanol–water partition coefficient (Wildman–Crippen LogP) is 6.12. The fourth-order valence-electron chi connectivity index (χ4n) is 4.68. The van der Waals surface area contributed by atoms with Gasteiger partial charge in [0.05, 0.1) is 13.0 Å². The van der Waals surface area contributed by atoms with E-state index in [0.717, 1.165) is 23.4 Å². The summed E-state index contributed by atoms with van der Waals surface area (Å²) in [6.45, 7) is 2.35. The van der Waals surface area contributed by atoms with E-state index < -0.39 is 23.5 Å². The molecule has 4 rings (SSSR count). The number of hydrogen-bond donors (Lipinski definition) is 2. The first-order valence-corrected chi connectivity index (χ1v) is 13.9. The van der Waals surface area contributed by atoms with Gasteiger partial charge in [-0.05, 0) is 66.4 Å². The first-order chi connectivity index (χ1) is 20.8. The van der Waals surface area contributed by atoms with Crippen molar-refractivity contribution >= 4 is 17.8 Å². The van der Waals surface area contributed by atoms with Gasteiger partial charge in [-0.15, -0.1) is 0 Å². The molecule has 0 aliphatic rings. The van der Waals surface area contributed by atoms with E-state index in [9.17, 15) is 28.3 Å². The number of carboxylic acids is 1. The monoisotopic (exact) mass is 586 g/mol. The first-order valence-electron chi connectivity index (χ1n) is 13.9. The molecule has 0 atom stereocenters. The highest BCUT2D eigenvalue weighted by Crippen LogP contribution is 2.29. The van der Waals surface area contributed by atoms with Crippen LogP contribution < -0.4 is 10.1 Å². The molecule has 0 unspecified atom stereocenters. The van der Waals surface area contributed by atoms with Crippen LogP contribution in [0.25, 0.3) is 11.1 Å². The van der Waals surface area contributed by atoms with E-state index in [0.29, 0.717) is 29.7 Å². The third-order valence-electron chi connectivity index (χ3n) is 6.89. The Balaban J connectivity index is 1.59. The number of carboxylic acid groups (broad SMARTS) is 1. The highest BCUT2D eigenvalue weighted by Gasteiger charge is 2.23. The predicted molar refractivity (Wildman–Crippen MR) is 159 cm³/mol. The summed E-state index contributed by atoms with van der Waals surface area (Å²) in [5.41, 5.74) is 2.12. The Labute approximate surface area is 248 Å². The lowest BCUT2D eigenvalue weighted by molar-refractivity contribution is -0.137. The lowest BCUT2D eigenvalue weighted by Crippen LogP contribution is -2.35. The summed E-state index contributed by atoms with van der Waals surface area (Å²) in [6.07, 6.45) is 0.258. The van der Waals surface area contributed by atoms with Crippen LogP contribution in [-0.4, -0.2) is 47.5 Å². The summed E-state index contributed by atoms with van der Waals surface area (Å²) in [5.74, 6) is -2.78. The zero-order valence-corrected chi connectivity index (χ0v) is 23.7. The van der Waals surface area contributed by atoms with E-state index in [4.69, 9.17) is 4.74 Å². The van der Waals surface area contributed by atoms with Gasteiger partial charge in [-0.1, -0.05) is 54.6 Å². The first kappa shape index (κ1) is 30.9. The summed E-state index contributed by atoms with van der Waals surface area (Å²) < 4.78 is 33.7. The molecule has 7 nitrogen and oxygen atoms in total. The maximum atomic E-state index is 14.1. The van der Waals surface area contributed by atoms with Crippen LogP contribution in [0.4, 0.5) is 8.78 Å². The Morgan fingerprint density at radius 2 is 1.40 bits per heavy atom. The van der Waals surface area contributed by atoms with Crippen LogP contribution >= 0.6 is 0 Å². The largest absolute Gasteiger partial charge is 0.494 e. The molecule has 4 aromatic carbocycles. The number of halogens is 2. The van der Waals surface area contributed by atoms with Crippen molar-refractivity contribution in [1.82, 2.24) is 10.2 Å². The van der Waals surface area contributed by atoms with Gasteiger partial charge in [-0.2, -0.15) is 0 Å². The number of aliphatic carboxylic acids is 1. The van der Waals surface area contributed by atoms with Crippen LogP contribution in [0.15, 0.2) is 91.0 Å². The zero-order chi connectivity index (χ0) is 30.8. The second-order valence-electron chi connectivity index (χ2n) is 9.74. The number of nitrogens with one attached hydrogen (secondary N) is 1. The smallest absolute Gasteiger partial charge is 0.305 e. The van der Waals surface area contributed by atoms with Crippen molar-refractivity contribution in [2.75, 3.05) is 19.7 Å². The summed E-state index contributed by atoms with van der Waals surface area (Å²) >= 11 is 0. The fraction of sp³-hybridized carbons (Fsp3) is 0.206. The number of carbonyl (C=O) groups is 3. The Bertz CT molecular complexity index is 1570. The molecule has 2 N–H and O–H groups in total. The highest BCUT2D eigenvalue weighted by molar-refractivity contribution is 6.06. The topological polar surface area (TPSA) is 95.9 Å².